The lowest BCUT2D eigenvalue weighted by atomic mass is 10.1. The predicted molar refractivity (Wildman–Crippen MR) is 64.4 cm³/mol. The van der Waals surface area contributed by atoms with Crippen LogP contribution in [0.2, 0.25) is 0 Å². The summed E-state index contributed by atoms with van der Waals surface area (Å²) in [6, 6.07) is 0.263. The molecule has 1 heterocycles. The Morgan fingerprint density at radius 3 is 2.88 bits per heavy atom. The van der Waals surface area contributed by atoms with Crippen LogP contribution in [0.3, 0.4) is 0 Å². The van der Waals surface area contributed by atoms with E-state index in [1.54, 1.807) is 6.20 Å². The van der Waals surface area contributed by atoms with E-state index in [4.69, 9.17) is 0 Å². The molecule has 0 aliphatic heterocycles. The van der Waals surface area contributed by atoms with Crippen molar-refractivity contribution >= 4 is 5.78 Å². The van der Waals surface area contributed by atoms with Crippen molar-refractivity contribution in [3.8, 4) is 0 Å². The normalized spacial score (nSPS) is 12.7. The molecule has 0 aromatic carbocycles. The van der Waals surface area contributed by atoms with Gasteiger partial charge in [0.15, 0.2) is 0 Å². The molecule has 0 aliphatic carbocycles. The van der Waals surface area contributed by atoms with Crippen molar-refractivity contribution in [2.45, 2.75) is 46.2 Å². The molecule has 4 heteroatoms. The Morgan fingerprint density at radius 1 is 1.56 bits per heavy atom. The van der Waals surface area contributed by atoms with E-state index >= 15 is 0 Å². The lowest BCUT2D eigenvalue weighted by molar-refractivity contribution is -0.118. The van der Waals surface area contributed by atoms with Crippen LogP contribution in [-0.4, -0.2) is 28.2 Å². The topological polar surface area (TPSA) is 46.9 Å². The summed E-state index contributed by atoms with van der Waals surface area (Å²) < 4.78 is 1.84. The van der Waals surface area contributed by atoms with E-state index in [0.717, 1.165) is 18.7 Å². The number of aryl methyl sites for hydroxylation is 1. The number of ketones is 1. The summed E-state index contributed by atoms with van der Waals surface area (Å²) in [7, 11) is 0. The molecule has 4 nitrogen and oxygen atoms in total. The largest absolute Gasteiger partial charge is 0.314 e. The highest BCUT2D eigenvalue weighted by molar-refractivity contribution is 5.81. The minimum Gasteiger partial charge on any atom is -0.314 e. The molecule has 0 saturated carbocycles. The number of nitrogens with one attached hydrogen (secondary N) is 1. The van der Waals surface area contributed by atoms with Gasteiger partial charge in [-0.2, -0.15) is 5.10 Å². The second kappa shape index (κ2) is 6.43. The molecule has 0 saturated heterocycles. The average molecular weight is 223 g/mol. The minimum absolute atomic E-state index is 0.263. The number of carbonyl (C=O) groups excluding carboxylic acids is 1. The molecule has 1 aromatic heterocycles. The van der Waals surface area contributed by atoms with Crippen LogP contribution < -0.4 is 5.32 Å². The number of aromatic nitrogens is 2. The van der Waals surface area contributed by atoms with Crippen LogP contribution in [-0.2, 0) is 17.8 Å². The van der Waals surface area contributed by atoms with Crippen molar-refractivity contribution < 1.29 is 4.79 Å². The van der Waals surface area contributed by atoms with Crippen molar-refractivity contribution in [2.24, 2.45) is 0 Å². The fraction of sp³-hybridized carbons (Fsp3) is 0.667. The fourth-order valence-electron chi connectivity index (χ4n) is 1.73. The van der Waals surface area contributed by atoms with Crippen LogP contribution in [0.5, 0.6) is 0 Å². The Hall–Kier alpha value is -1.16. The first-order valence-corrected chi connectivity index (χ1v) is 5.92. The van der Waals surface area contributed by atoms with Gasteiger partial charge in [-0.1, -0.05) is 6.92 Å². The van der Waals surface area contributed by atoms with Crippen molar-refractivity contribution in [3.63, 3.8) is 0 Å². The van der Waals surface area contributed by atoms with Crippen molar-refractivity contribution in [2.75, 3.05) is 6.54 Å². The van der Waals surface area contributed by atoms with Gasteiger partial charge in [0.05, 0.1) is 6.20 Å². The molecule has 1 unspecified atom stereocenters. The Kier molecular flexibility index (Phi) is 5.19. The molecule has 1 aromatic rings. The quantitative estimate of drug-likeness (QED) is 0.760. The smallest absolute Gasteiger partial charge is 0.138 e. The highest BCUT2D eigenvalue weighted by Gasteiger charge is 2.09. The first-order valence-electron chi connectivity index (χ1n) is 5.92. The van der Waals surface area contributed by atoms with E-state index in [9.17, 15) is 4.79 Å². The predicted octanol–water partition coefficient (Wildman–Crippen LogP) is 1.40. The van der Waals surface area contributed by atoms with Gasteiger partial charge in [0, 0.05) is 31.6 Å². The zero-order chi connectivity index (χ0) is 12.0. The summed E-state index contributed by atoms with van der Waals surface area (Å²) in [6.07, 6.45) is 4.80. The van der Waals surface area contributed by atoms with Gasteiger partial charge < -0.3 is 5.32 Å². The maximum Gasteiger partial charge on any atom is 0.138 e. The van der Waals surface area contributed by atoms with Gasteiger partial charge in [-0.05, 0) is 26.0 Å². The highest BCUT2D eigenvalue weighted by atomic mass is 16.1. The summed E-state index contributed by atoms with van der Waals surface area (Å²) in [4.78, 5) is 11.7. The molecule has 90 valence electrons. The average Bonchev–Trinajstić information content (AvgIpc) is 2.65. The SMILES string of the molecule is CCNC(C)CC(=O)Cc1cnn(CC)c1. The van der Waals surface area contributed by atoms with Crippen LogP contribution in [0.15, 0.2) is 12.4 Å². The highest BCUT2D eigenvalue weighted by Crippen LogP contribution is 2.03. The molecule has 1 N–H and O–H groups in total. The van der Waals surface area contributed by atoms with Crippen LogP contribution >= 0.6 is 0 Å². The summed E-state index contributed by atoms with van der Waals surface area (Å²) >= 11 is 0. The Balaban J connectivity index is 2.39. The number of rotatable bonds is 7. The van der Waals surface area contributed by atoms with Gasteiger partial charge in [-0.15, -0.1) is 0 Å². The van der Waals surface area contributed by atoms with Crippen LogP contribution in [0.4, 0.5) is 0 Å². The third-order valence-electron chi connectivity index (χ3n) is 2.50. The molecule has 0 aliphatic rings. The Labute approximate surface area is 97.0 Å². The second-order valence-electron chi connectivity index (χ2n) is 4.08. The molecule has 16 heavy (non-hydrogen) atoms. The Bertz CT molecular complexity index is 333. The molecule has 0 amide bonds. The van der Waals surface area contributed by atoms with E-state index in [2.05, 4.69) is 10.4 Å². The van der Waals surface area contributed by atoms with E-state index < -0.39 is 0 Å². The van der Waals surface area contributed by atoms with Gasteiger partial charge in [0.25, 0.3) is 0 Å². The van der Waals surface area contributed by atoms with Crippen molar-refractivity contribution in [1.82, 2.24) is 15.1 Å². The fourth-order valence-corrected chi connectivity index (χ4v) is 1.73. The maximum atomic E-state index is 11.7. The summed E-state index contributed by atoms with van der Waals surface area (Å²) in [6.45, 7) is 7.87. The Morgan fingerprint density at radius 2 is 2.31 bits per heavy atom. The zero-order valence-corrected chi connectivity index (χ0v) is 10.4. The van der Waals surface area contributed by atoms with Crippen LogP contribution in [0.25, 0.3) is 0 Å². The monoisotopic (exact) mass is 223 g/mol. The first kappa shape index (κ1) is 12.9. The standard InChI is InChI=1S/C12H21N3O/c1-4-13-10(3)6-12(16)7-11-8-14-15(5-2)9-11/h8-10,13H,4-7H2,1-3H3. The van der Waals surface area contributed by atoms with Crippen molar-refractivity contribution in [3.05, 3.63) is 18.0 Å². The number of carbonyl (C=O) groups is 1. The summed E-state index contributed by atoms with van der Waals surface area (Å²) in [5.74, 6) is 0.268. The van der Waals surface area contributed by atoms with E-state index in [1.807, 2.05) is 31.6 Å². The zero-order valence-electron chi connectivity index (χ0n) is 10.4. The number of nitrogens with zero attached hydrogens (tertiary/aromatic N) is 2. The third kappa shape index (κ3) is 4.14. The van der Waals surface area contributed by atoms with E-state index in [0.29, 0.717) is 12.8 Å². The number of Topliss-reactive ketones (excluding diaryl/α,β-unsaturated/α-hetero) is 1. The third-order valence-corrected chi connectivity index (χ3v) is 2.50. The lowest BCUT2D eigenvalue weighted by Gasteiger charge is -2.10. The maximum absolute atomic E-state index is 11.7. The van der Waals surface area contributed by atoms with Crippen LogP contribution in [0.1, 0.15) is 32.8 Å². The van der Waals surface area contributed by atoms with Gasteiger partial charge in [-0.25, -0.2) is 0 Å². The van der Waals surface area contributed by atoms with Crippen LogP contribution in [0, 0.1) is 0 Å². The number of hydrogen-bond donors (Lipinski definition) is 1. The first-order chi connectivity index (χ1) is 7.65. The molecule has 1 atom stereocenters. The second-order valence-corrected chi connectivity index (χ2v) is 4.08. The van der Waals surface area contributed by atoms with Gasteiger partial charge in [-0.3, -0.25) is 9.48 Å². The summed E-state index contributed by atoms with van der Waals surface area (Å²) in [5.41, 5.74) is 1.01. The number of hydrogen-bond acceptors (Lipinski definition) is 3. The van der Waals surface area contributed by atoms with Gasteiger partial charge in [0.2, 0.25) is 0 Å². The molecular weight excluding hydrogens is 202 g/mol. The minimum atomic E-state index is 0.263. The summed E-state index contributed by atoms with van der Waals surface area (Å²) in [5, 5.41) is 7.39. The molecule has 0 spiro atoms. The molecule has 1 rings (SSSR count). The van der Waals surface area contributed by atoms with Gasteiger partial charge >= 0.3 is 0 Å². The molecular formula is C12H21N3O. The van der Waals surface area contributed by atoms with E-state index in [1.165, 1.54) is 0 Å². The van der Waals surface area contributed by atoms with Gasteiger partial charge in [0.1, 0.15) is 5.78 Å². The lowest BCUT2D eigenvalue weighted by Crippen LogP contribution is -2.28. The molecule has 0 fully saturated rings. The van der Waals surface area contributed by atoms with E-state index in [-0.39, 0.29) is 11.8 Å². The van der Waals surface area contributed by atoms with Crippen molar-refractivity contribution in [1.29, 1.82) is 0 Å². The molecule has 0 radical (unpaired) electrons. The molecule has 0 bridgehead atoms.